The maximum Gasteiger partial charge on any atom is 0.186 e. The molecule has 3 rings (SSSR count). The molecule has 3 aliphatic rings. The van der Waals surface area contributed by atoms with E-state index in [-0.39, 0.29) is 0 Å². The maximum absolute atomic E-state index is 5.70. The van der Waals surface area contributed by atoms with Gasteiger partial charge in [0, 0.05) is 24.6 Å². The van der Waals surface area contributed by atoms with E-state index in [9.17, 15) is 0 Å². The van der Waals surface area contributed by atoms with E-state index in [1.165, 1.54) is 18.6 Å². The number of hydrogen-bond acceptors (Lipinski definition) is 5. The lowest BCUT2D eigenvalue weighted by atomic mass is 9.94. The van der Waals surface area contributed by atoms with E-state index in [0.717, 1.165) is 76.7 Å². The summed E-state index contributed by atoms with van der Waals surface area (Å²) in [5.41, 5.74) is 1.39. The van der Waals surface area contributed by atoms with Crippen LogP contribution in [-0.2, 0) is 9.47 Å². The van der Waals surface area contributed by atoms with Crippen LogP contribution >= 0.6 is 0 Å². The van der Waals surface area contributed by atoms with Gasteiger partial charge in [0.2, 0.25) is 0 Å². The van der Waals surface area contributed by atoms with E-state index in [0.29, 0.717) is 5.92 Å². The second-order valence-electron chi connectivity index (χ2n) is 5.87. The second-order valence-corrected chi connectivity index (χ2v) is 5.87. The molecule has 0 fully saturated rings. The first-order valence-corrected chi connectivity index (χ1v) is 8.27. The lowest BCUT2D eigenvalue weighted by Crippen LogP contribution is -2.17. The summed E-state index contributed by atoms with van der Waals surface area (Å²) in [7, 11) is 0. The zero-order valence-electron chi connectivity index (χ0n) is 12.7. The molecule has 0 amide bonds. The number of aliphatic imine (C=N–C) groups is 3. The smallest absolute Gasteiger partial charge is 0.186 e. The van der Waals surface area contributed by atoms with E-state index in [1.54, 1.807) is 0 Å². The number of hydrogen-bond donors (Lipinski definition) is 0. The van der Waals surface area contributed by atoms with Gasteiger partial charge in [0.15, 0.2) is 11.8 Å². The third-order valence-electron chi connectivity index (χ3n) is 4.29. The van der Waals surface area contributed by atoms with Crippen molar-refractivity contribution in [2.75, 3.05) is 32.8 Å². The van der Waals surface area contributed by atoms with Gasteiger partial charge in [0.25, 0.3) is 0 Å². The van der Waals surface area contributed by atoms with Gasteiger partial charge in [-0.15, -0.1) is 0 Å². The monoisotopic (exact) mass is 291 g/mol. The molecule has 0 saturated carbocycles. The Bertz CT molecular complexity index is 443. The van der Waals surface area contributed by atoms with Gasteiger partial charge < -0.3 is 9.47 Å². The molecule has 21 heavy (non-hydrogen) atoms. The highest BCUT2D eigenvalue weighted by molar-refractivity contribution is 5.87. The molecule has 0 saturated heterocycles. The van der Waals surface area contributed by atoms with Crippen LogP contribution < -0.4 is 0 Å². The number of rotatable bonds is 8. The van der Waals surface area contributed by atoms with Crippen LogP contribution in [0, 0.1) is 5.92 Å². The first kappa shape index (κ1) is 14.5. The van der Waals surface area contributed by atoms with Crippen LogP contribution in [0.5, 0.6) is 0 Å². The standard InChI is InChI=1S/C16H25N3O2/c1(5-15-18-9-11-20-15)3-13(16-19-10-12-21-16)6-7-14-4-2-8-17-14/h13H,1-12H2. The Labute approximate surface area is 126 Å². The summed E-state index contributed by atoms with van der Waals surface area (Å²) >= 11 is 0. The molecule has 1 unspecified atom stereocenters. The minimum absolute atomic E-state index is 0.442. The Hall–Kier alpha value is -1.39. The van der Waals surface area contributed by atoms with Crippen molar-refractivity contribution in [2.45, 2.75) is 44.9 Å². The van der Waals surface area contributed by atoms with Crippen molar-refractivity contribution in [3.63, 3.8) is 0 Å². The fraction of sp³-hybridized carbons (Fsp3) is 0.812. The van der Waals surface area contributed by atoms with Crippen molar-refractivity contribution in [3.05, 3.63) is 0 Å². The van der Waals surface area contributed by atoms with Crippen molar-refractivity contribution < 1.29 is 9.47 Å². The van der Waals surface area contributed by atoms with Gasteiger partial charge in [-0.3, -0.25) is 15.0 Å². The van der Waals surface area contributed by atoms with Gasteiger partial charge in [0.1, 0.15) is 13.2 Å². The minimum Gasteiger partial charge on any atom is -0.479 e. The molecule has 0 radical (unpaired) electrons. The molecule has 0 N–H and O–H groups in total. The molecular formula is C16H25N3O2. The summed E-state index contributed by atoms with van der Waals surface area (Å²) in [5, 5.41) is 0. The molecule has 0 bridgehead atoms. The Morgan fingerprint density at radius 2 is 1.81 bits per heavy atom. The topological polar surface area (TPSA) is 55.5 Å². The summed E-state index contributed by atoms with van der Waals surface area (Å²) in [4.78, 5) is 13.5. The third-order valence-corrected chi connectivity index (χ3v) is 4.29. The third kappa shape index (κ3) is 4.29. The maximum atomic E-state index is 5.70. The average molecular weight is 291 g/mol. The van der Waals surface area contributed by atoms with Crippen LogP contribution in [-0.4, -0.2) is 50.4 Å². The molecule has 1 atom stereocenters. The van der Waals surface area contributed by atoms with Crippen LogP contribution in [0.2, 0.25) is 0 Å². The van der Waals surface area contributed by atoms with Crippen LogP contribution in [0.25, 0.3) is 0 Å². The largest absolute Gasteiger partial charge is 0.479 e. The summed E-state index contributed by atoms with van der Waals surface area (Å²) < 4.78 is 11.2. The molecule has 0 aromatic heterocycles. The lowest BCUT2D eigenvalue weighted by molar-refractivity contribution is 0.311. The number of nitrogens with zero attached hydrogens (tertiary/aromatic N) is 3. The first-order chi connectivity index (χ1) is 10.4. The van der Waals surface area contributed by atoms with Crippen LogP contribution in [0.15, 0.2) is 15.0 Å². The van der Waals surface area contributed by atoms with Crippen molar-refractivity contribution in [1.29, 1.82) is 0 Å². The molecule has 5 heteroatoms. The van der Waals surface area contributed by atoms with Crippen molar-refractivity contribution in [2.24, 2.45) is 20.9 Å². The molecule has 0 spiro atoms. The molecule has 3 heterocycles. The predicted octanol–water partition coefficient (Wildman–Crippen LogP) is 2.65. The van der Waals surface area contributed by atoms with Crippen molar-refractivity contribution in [3.8, 4) is 0 Å². The Balaban J connectivity index is 1.46. The van der Waals surface area contributed by atoms with Gasteiger partial charge in [-0.2, -0.15) is 0 Å². The zero-order valence-corrected chi connectivity index (χ0v) is 12.7. The molecule has 3 aliphatic heterocycles. The Morgan fingerprint density at radius 3 is 2.52 bits per heavy atom. The second kappa shape index (κ2) is 7.57. The van der Waals surface area contributed by atoms with Gasteiger partial charge in [-0.1, -0.05) is 0 Å². The summed E-state index contributed by atoms with van der Waals surface area (Å²) in [6.45, 7) is 4.18. The van der Waals surface area contributed by atoms with E-state index in [1.807, 2.05) is 0 Å². The number of ether oxygens (including phenoxy) is 2. The minimum atomic E-state index is 0.442. The van der Waals surface area contributed by atoms with Gasteiger partial charge >= 0.3 is 0 Å². The summed E-state index contributed by atoms with van der Waals surface area (Å²) in [6, 6.07) is 0. The highest BCUT2D eigenvalue weighted by Crippen LogP contribution is 2.22. The van der Waals surface area contributed by atoms with Gasteiger partial charge in [0.05, 0.1) is 13.1 Å². The fourth-order valence-electron chi connectivity index (χ4n) is 3.16. The summed E-state index contributed by atoms with van der Waals surface area (Å²) in [6.07, 6.45) is 7.78. The van der Waals surface area contributed by atoms with Crippen LogP contribution in [0.3, 0.4) is 0 Å². The molecule has 116 valence electrons. The Morgan fingerprint density at radius 1 is 0.905 bits per heavy atom. The van der Waals surface area contributed by atoms with Crippen LogP contribution in [0.4, 0.5) is 0 Å². The molecule has 5 nitrogen and oxygen atoms in total. The molecule has 0 aliphatic carbocycles. The zero-order chi connectivity index (χ0) is 14.3. The highest BCUT2D eigenvalue weighted by Gasteiger charge is 2.22. The predicted molar refractivity (Wildman–Crippen MR) is 84.6 cm³/mol. The normalized spacial score (nSPS) is 22.4. The van der Waals surface area contributed by atoms with Crippen molar-refractivity contribution in [1.82, 2.24) is 0 Å². The van der Waals surface area contributed by atoms with Crippen LogP contribution in [0.1, 0.15) is 44.9 Å². The fourth-order valence-corrected chi connectivity index (χ4v) is 3.16. The lowest BCUT2D eigenvalue weighted by Gasteiger charge is -2.16. The van der Waals surface area contributed by atoms with E-state index in [4.69, 9.17) is 9.47 Å². The molecule has 0 aromatic rings. The van der Waals surface area contributed by atoms with E-state index >= 15 is 0 Å². The SMILES string of the molecule is C1CN=C(CCC(CCCC2=NCCO2)C2=NCCO2)C1. The average Bonchev–Trinajstić information content (AvgIpc) is 3.25. The van der Waals surface area contributed by atoms with Crippen molar-refractivity contribution >= 4 is 17.5 Å². The Kier molecular flexibility index (Phi) is 5.24. The summed E-state index contributed by atoms with van der Waals surface area (Å²) in [5.74, 6) is 2.35. The molecular weight excluding hydrogens is 266 g/mol. The van der Waals surface area contributed by atoms with E-state index < -0.39 is 0 Å². The van der Waals surface area contributed by atoms with Gasteiger partial charge in [-0.25, -0.2) is 0 Å². The quantitative estimate of drug-likeness (QED) is 0.690. The van der Waals surface area contributed by atoms with E-state index in [2.05, 4.69) is 15.0 Å². The first-order valence-electron chi connectivity index (χ1n) is 8.27. The highest BCUT2D eigenvalue weighted by atomic mass is 16.5. The van der Waals surface area contributed by atoms with Gasteiger partial charge in [-0.05, 0) is 38.5 Å². The molecule has 0 aromatic carbocycles.